The monoisotopic (exact) mass is 687 g/mol. The molecule has 0 saturated carbocycles. The Labute approximate surface area is 313 Å². The van der Waals surface area contributed by atoms with E-state index in [1.165, 1.54) is 49.0 Å². The first-order valence-electron chi connectivity index (χ1n) is 18.3. The fraction of sp³-hybridized carbons (Fsp3) is 0. The zero-order chi connectivity index (χ0) is 35.8. The fourth-order valence-electron chi connectivity index (χ4n) is 7.86. The van der Waals surface area contributed by atoms with E-state index in [-0.39, 0.29) is 0 Å². The van der Waals surface area contributed by atoms with E-state index < -0.39 is 0 Å². The van der Waals surface area contributed by atoms with Gasteiger partial charge in [-0.15, -0.1) is 0 Å². The van der Waals surface area contributed by atoms with E-state index in [0.29, 0.717) is 5.82 Å². The molecule has 0 radical (unpaired) electrons. The lowest BCUT2D eigenvalue weighted by molar-refractivity contribution is 1.18. The molecule has 0 bridgehead atoms. The summed E-state index contributed by atoms with van der Waals surface area (Å²) >= 11 is 0. The average Bonchev–Trinajstić information content (AvgIpc) is 3.26. The molecule has 8 aromatic carbocycles. The second-order valence-corrected chi connectivity index (χ2v) is 13.6. The van der Waals surface area contributed by atoms with Crippen LogP contribution in [0.4, 0.5) is 0 Å². The van der Waals surface area contributed by atoms with Crippen molar-refractivity contribution in [3.63, 3.8) is 0 Å². The van der Waals surface area contributed by atoms with Gasteiger partial charge in [0.2, 0.25) is 0 Å². The van der Waals surface area contributed by atoms with Gasteiger partial charge in [-0.2, -0.15) is 0 Å². The summed E-state index contributed by atoms with van der Waals surface area (Å²) in [5.41, 5.74) is 11.7. The van der Waals surface area contributed by atoms with Gasteiger partial charge in [-0.05, 0) is 84.4 Å². The summed E-state index contributed by atoms with van der Waals surface area (Å²) in [6.45, 7) is 0. The Balaban J connectivity index is 1.18. The number of benzene rings is 8. The Morgan fingerprint density at radius 2 is 0.870 bits per heavy atom. The Kier molecular flexibility index (Phi) is 7.81. The van der Waals surface area contributed by atoms with Crippen molar-refractivity contribution < 1.29 is 0 Å². The predicted molar refractivity (Wildman–Crippen MR) is 225 cm³/mol. The van der Waals surface area contributed by atoms with Crippen LogP contribution in [0.15, 0.2) is 200 Å². The SMILES string of the molecule is c1ccc(-c2cc(-c3ccccc3-c3cccnc3)nc(-c3cccc(-c4c5ccccc5c(-c5ccc6ccccc6c5)c5ccccc45)c3)n2)cc1. The molecule has 3 heteroatoms. The molecular formula is C51H33N3. The van der Waals surface area contributed by atoms with E-state index >= 15 is 0 Å². The van der Waals surface area contributed by atoms with E-state index in [1.54, 1.807) is 6.20 Å². The number of rotatable bonds is 6. The number of hydrogen-bond acceptors (Lipinski definition) is 3. The summed E-state index contributed by atoms with van der Waals surface area (Å²) in [4.78, 5) is 14.9. The van der Waals surface area contributed by atoms with Crippen molar-refractivity contribution in [3.8, 4) is 67.3 Å². The van der Waals surface area contributed by atoms with E-state index in [0.717, 1.165) is 44.8 Å². The van der Waals surface area contributed by atoms with Crippen LogP contribution in [0.25, 0.3) is 99.6 Å². The molecule has 0 N–H and O–H groups in total. The van der Waals surface area contributed by atoms with Gasteiger partial charge in [0.1, 0.15) is 0 Å². The van der Waals surface area contributed by atoms with Crippen LogP contribution in [0.1, 0.15) is 0 Å². The van der Waals surface area contributed by atoms with Crippen LogP contribution in [-0.4, -0.2) is 15.0 Å². The average molecular weight is 688 g/mol. The molecule has 0 aliphatic rings. The summed E-state index contributed by atoms with van der Waals surface area (Å²) in [5, 5.41) is 7.35. The van der Waals surface area contributed by atoms with Crippen LogP contribution < -0.4 is 0 Å². The third kappa shape index (κ3) is 5.60. The molecular weight excluding hydrogens is 655 g/mol. The molecule has 3 nitrogen and oxygen atoms in total. The maximum atomic E-state index is 5.29. The second kappa shape index (κ2) is 13.4. The number of aromatic nitrogens is 3. The van der Waals surface area contributed by atoms with Crippen LogP contribution in [-0.2, 0) is 0 Å². The summed E-state index contributed by atoms with van der Waals surface area (Å²) in [5.74, 6) is 0.676. The number of fused-ring (bicyclic) bond motifs is 3. The van der Waals surface area contributed by atoms with Crippen molar-refractivity contribution in [2.75, 3.05) is 0 Å². The van der Waals surface area contributed by atoms with Gasteiger partial charge < -0.3 is 0 Å². The highest BCUT2D eigenvalue weighted by Crippen LogP contribution is 2.45. The maximum Gasteiger partial charge on any atom is 0.160 e. The van der Waals surface area contributed by atoms with Crippen LogP contribution in [0.2, 0.25) is 0 Å². The first kappa shape index (κ1) is 31.5. The van der Waals surface area contributed by atoms with Crippen molar-refractivity contribution in [2.24, 2.45) is 0 Å². The van der Waals surface area contributed by atoms with Crippen LogP contribution in [0, 0.1) is 0 Å². The highest BCUT2D eigenvalue weighted by Gasteiger charge is 2.19. The molecule has 0 spiro atoms. The highest BCUT2D eigenvalue weighted by molar-refractivity contribution is 6.21. The van der Waals surface area contributed by atoms with Gasteiger partial charge in [-0.25, -0.2) is 9.97 Å². The molecule has 0 fully saturated rings. The third-order valence-corrected chi connectivity index (χ3v) is 10.4. The standard InChI is InChI=1S/C51H33N3/c1-2-15-35(16-3-1)47-32-48(42-22-7-6-21-41(42)40-20-13-29-52-33-40)54-51(53-47)39-19-12-18-37(31-39)49-43-23-8-10-25-45(43)50(46-26-11-9-24-44(46)49)38-28-27-34-14-4-5-17-36(34)30-38/h1-33H. The lowest BCUT2D eigenvalue weighted by Crippen LogP contribution is -1.97. The molecule has 0 atom stereocenters. The van der Waals surface area contributed by atoms with Crippen LogP contribution >= 0.6 is 0 Å². The van der Waals surface area contributed by atoms with Crippen molar-refractivity contribution in [2.45, 2.75) is 0 Å². The van der Waals surface area contributed by atoms with Gasteiger partial charge in [-0.3, -0.25) is 4.98 Å². The summed E-state index contributed by atoms with van der Waals surface area (Å²) in [6.07, 6.45) is 3.71. The Bertz CT molecular complexity index is 2930. The normalized spacial score (nSPS) is 11.3. The first-order valence-corrected chi connectivity index (χ1v) is 18.3. The van der Waals surface area contributed by atoms with Crippen molar-refractivity contribution >= 4 is 32.3 Å². The Morgan fingerprint density at radius 1 is 0.315 bits per heavy atom. The minimum absolute atomic E-state index is 0.676. The van der Waals surface area contributed by atoms with Crippen LogP contribution in [0.3, 0.4) is 0 Å². The minimum atomic E-state index is 0.676. The van der Waals surface area contributed by atoms with E-state index in [1.807, 2.05) is 18.3 Å². The lowest BCUT2D eigenvalue weighted by Gasteiger charge is -2.18. The topological polar surface area (TPSA) is 38.7 Å². The summed E-state index contributed by atoms with van der Waals surface area (Å²) in [6, 6.07) is 66.7. The Hall–Kier alpha value is -7.23. The second-order valence-electron chi connectivity index (χ2n) is 13.6. The largest absolute Gasteiger partial charge is 0.264 e. The molecule has 2 aromatic heterocycles. The zero-order valence-corrected chi connectivity index (χ0v) is 29.4. The van der Waals surface area contributed by atoms with E-state index in [2.05, 4.69) is 181 Å². The fourth-order valence-corrected chi connectivity index (χ4v) is 7.86. The molecule has 0 aliphatic carbocycles. The van der Waals surface area contributed by atoms with Crippen LogP contribution in [0.5, 0.6) is 0 Å². The van der Waals surface area contributed by atoms with Gasteiger partial charge in [-0.1, -0.05) is 164 Å². The smallest absolute Gasteiger partial charge is 0.160 e. The van der Waals surface area contributed by atoms with Crippen molar-refractivity contribution in [1.82, 2.24) is 15.0 Å². The molecule has 0 unspecified atom stereocenters. The molecule has 0 amide bonds. The molecule has 10 aromatic rings. The summed E-state index contributed by atoms with van der Waals surface area (Å²) in [7, 11) is 0. The van der Waals surface area contributed by atoms with Gasteiger partial charge in [0.25, 0.3) is 0 Å². The zero-order valence-electron chi connectivity index (χ0n) is 29.4. The molecule has 54 heavy (non-hydrogen) atoms. The minimum Gasteiger partial charge on any atom is -0.264 e. The number of pyridine rings is 1. The van der Waals surface area contributed by atoms with Gasteiger partial charge in [0.05, 0.1) is 11.4 Å². The molecule has 10 rings (SSSR count). The van der Waals surface area contributed by atoms with E-state index in [9.17, 15) is 0 Å². The lowest BCUT2D eigenvalue weighted by atomic mass is 9.85. The van der Waals surface area contributed by atoms with Crippen molar-refractivity contribution in [3.05, 3.63) is 200 Å². The molecule has 0 aliphatic heterocycles. The van der Waals surface area contributed by atoms with Gasteiger partial charge in [0, 0.05) is 34.6 Å². The van der Waals surface area contributed by atoms with E-state index in [4.69, 9.17) is 9.97 Å². The molecule has 252 valence electrons. The molecule has 0 saturated heterocycles. The third-order valence-electron chi connectivity index (χ3n) is 10.4. The Morgan fingerprint density at radius 3 is 1.57 bits per heavy atom. The van der Waals surface area contributed by atoms with Gasteiger partial charge >= 0.3 is 0 Å². The summed E-state index contributed by atoms with van der Waals surface area (Å²) < 4.78 is 0. The van der Waals surface area contributed by atoms with Crippen molar-refractivity contribution in [1.29, 1.82) is 0 Å². The number of nitrogens with zero attached hydrogens (tertiary/aromatic N) is 3. The number of hydrogen-bond donors (Lipinski definition) is 0. The quantitative estimate of drug-likeness (QED) is 0.163. The highest BCUT2D eigenvalue weighted by atomic mass is 14.9. The predicted octanol–water partition coefficient (Wildman–Crippen LogP) is 13.3. The maximum absolute atomic E-state index is 5.29. The van der Waals surface area contributed by atoms with Gasteiger partial charge in [0.15, 0.2) is 5.82 Å². The first-order chi connectivity index (χ1) is 26.8. The molecule has 2 heterocycles.